The molecule has 0 aliphatic carbocycles. The van der Waals surface area contributed by atoms with Gasteiger partial charge in [-0.25, -0.2) is 0 Å². The average Bonchev–Trinajstić information content (AvgIpc) is 2.19. The highest BCUT2D eigenvalue weighted by Crippen LogP contribution is 2.18. The van der Waals surface area contributed by atoms with Gasteiger partial charge in [-0.15, -0.1) is 0 Å². The van der Waals surface area contributed by atoms with E-state index in [4.69, 9.17) is 0 Å². The van der Waals surface area contributed by atoms with Crippen LogP contribution in [-0.2, 0) is 0 Å². The maximum Gasteiger partial charge on any atom is 0.0768 e. The first-order valence-corrected chi connectivity index (χ1v) is 5.46. The fraction of sp³-hybridized carbons (Fsp3) is 0.909. The number of aliphatic hydroxyl groups is 1. The van der Waals surface area contributed by atoms with Crippen molar-refractivity contribution in [3.05, 3.63) is 6.42 Å². The van der Waals surface area contributed by atoms with Gasteiger partial charge in [0.25, 0.3) is 0 Å². The second-order valence-corrected chi connectivity index (χ2v) is 4.07. The van der Waals surface area contributed by atoms with Gasteiger partial charge in [-0.05, 0) is 45.2 Å². The Bertz CT molecular complexity index is 137. The van der Waals surface area contributed by atoms with Crippen molar-refractivity contribution in [1.82, 2.24) is 4.90 Å². The van der Waals surface area contributed by atoms with Gasteiger partial charge >= 0.3 is 0 Å². The molecule has 1 saturated heterocycles. The molecule has 1 radical (unpaired) electrons. The van der Waals surface area contributed by atoms with E-state index in [-0.39, 0.29) is 0 Å². The van der Waals surface area contributed by atoms with Crippen molar-refractivity contribution in [2.45, 2.75) is 45.1 Å². The molecule has 1 fully saturated rings. The molecular formula is C11H22NO. The molecule has 0 spiro atoms. The number of β-amino-alcohol motifs (C(OH)–C–C–N with tert-alkyl or cyclic N) is 1. The van der Waals surface area contributed by atoms with Crippen molar-refractivity contribution in [2.24, 2.45) is 0 Å². The van der Waals surface area contributed by atoms with Crippen LogP contribution < -0.4 is 0 Å². The van der Waals surface area contributed by atoms with E-state index in [1.165, 1.54) is 12.8 Å². The summed E-state index contributed by atoms with van der Waals surface area (Å²) in [6.45, 7) is 7.25. The van der Waals surface area contributed by atoms with Crippen molar-refractivity contribution in [2.75, 3.05) is 19.6 Å². The number of nitrogens with zero attached hydrogens (tertiary/aromatic N) is 1. The summed E-state index contributed by atoms with van der Waals surface area (Å²) in [6.07, 6.45) is 6.44. The molecule has 2 heteroatoms. The number of likely N-dealkylation sites (tertiary alicyclic amines) is 1. The summed E-state index contributed by atoms with van der Waals surface area (Å²) in [7, 11) is 0. The Morgan fingerprint density at radius 1 is 1.23 bits per heavy atom. The Balaban J connectivity index is 2.35. The summed E-state index contributed by atoms with van der Waals surface area (Å²) in [5.41, 5.74) is -0.447. The van der Waals surface area contributed by atoms with Crippen LogP contribution >= 0.6 is 0 Å². The third kappa shape index (κ3) is 3.28. The van der Waals surface area contributed by atoms with E-state index in [9.17, 15) is 5.11 Å². The van der Waals surface area contributed by atoms with Crippen LogP contribution in [0.4, 0.5) is 0 Å². The van der Waals surface area contributed by atoms with Crippen LogP contribution in [0.1, 0.15) is 39.5 Å². The minimum absolute atomic E-state index is 0.447. The van der Waals surface area contributed by atoms with Gasteiger partial charge in [-0.1, -0.05) is 13.8 Å². The van der Waals surface area contributed by atoms with E-state index in [1.807, 2.05) is 0 Å². The van der Waals surface area contributed by atoms with Crippen LogP contribution in [0.25, 0.3) is 0 Å². The summed E-state index contributed by atoms with van der Waals surface area (Å²) in [5, 5.41) is 10.1. The molecule has 2 nitrogen and oxygen atoms in total. The molecule has 0 saturated carbocycles. The minimum Gasteiger partial charge on any atom is -0.389 e. The molecule has 0 aromatic heterocycles. The van der Waals surface area contributed by atoms with Crippen molar-refractivity contribution in [3.8, 4) is 0 Å². The molecule has 1 N–H and O–H groups in total. The first-order chi connectivity index (χ1) is 6.20. The van der Waals surface area contributed by atoms with Gasteiger partial charge < -0.3 is 10.0 Å². The van der Waals surface area contributed by atoms with Gasteiger partial charge in [0.15, 0.2) is 0 Å². The highest BCUT2D eigenvalue weighted by Gasteiger charge is 2.25. The Morgan fingerprint density at radius 2 is 1.77 bits per heavy atom. The second kappa shape index (κ2) is 4.97. The molecule has 1 aliphatic rings. The van der Waals surface area contributed by atoms with Crippen LogP contribution in [-0.4, -0.2) is 35.2 Å². The van der Waals surface area contributed by atoms with E-state index in [1.54, 1.807) is 0 Å². The molecule has 0 amide bonds. The SMILES string of the molecule is CCC(O)(CC)CN1CC[CH]CC1. The quantitative estimate of drug-likeness (QED) is 0.720. The lowest BCUT2D eigenvalue weighted by molar-refractivity contribution is -0.00540. The first-order valence-electron chi connectivity index (χ1n) is 5.46. The number of piperidine rings is 1. The Kier molecular flexibility index (Phi) is 4.20. The predicted molar refractivity (Wildman–Crippen MR) is 55.5 cm³/mol. The standard InChI is InChI=1S/C11H22NO/c1-3-11(13,4-2)10-12-8-6-5-7-9-12/h5,13H,3-4,6-10H2,1-2H3. The van der Waals surface area contributed by atoms with Crippen molar-refractivity contribution in [3.63, 3.8) is 0 Å². The van der Waals surface area contributed by atoms with Gasteiger partial charge in [0.2, 0.25) is 0 Å². The molecule has 1 aliphatic heterocycles. The van der Waals surface area contributed by atoms with Crippen molar-refractivity contribution >= 4 is 0 Å². The normalized spacial score (nSPS) is 20.5. The van der Waals surface area contributed by atoms with Gasteiger partial charge in [0, 0.05) is 6.54 Å². The molecular weight excluding hydrogens is 162 g/mol. The third-order valence-electron chi connectivity index (χ3n) is 3.13. The fourth-order valence-corrected chi connectivity index (χ4v) is 1.85. The largest absolute Gasteiger partial charge is 0.389 e. The number of rotatable bonds is 4. The summed E-state index contributed by atoms with van der Waals surface area (Å²) < 4.78 is 0. The lowest BCUT2D eigenvalue weighted by atomic mass is 9.96. The summed E-state index contributed by atoms with van der Waals surface area (Å²) >= 11 is 0. The van der Waals surface area contributed by atoms with Crippen LogP contribution in [0.5, 0.6) is 0 Å². The van der Waals surface area contributed by atoms with Gasteiger partial charge in [-0.3, -0.25) is 0 Å². The maximum absolute atomic E-state index is 10.1. The van der Waals surface area contributed by atoms with E-state index >= 15 is 0 Å². The van der Waals surface area contributed by atoms with Crippen LogP contribution in [0.15, 0.2) is 0 Å². The van der Waals surface area contributed by atoms with Gasteiger partial charge in [0.1, 0.15) is 0 Å². The maximum atomic E-state index is 10.1. The predicted octanol–water partition coefficient (Wildman–Crippen LogP) is 1.84. The van der Waals surface area contributed by atoms with Crippen molar-refractivity contribution < 1.29 is 5.11 Å². The average molecular weight is 184 g/mol. The highest BCUT2D eigenvalue weighted by atomic mass is 16.3. The Hall–Kier alpha value is -0.0800. The van der Waals surface area contributed by atoms with E-state index < -0.39 is 5.60 Å². The van der Waals surface area contributed by atoms with E-state index in [0.29, 0.717) is 0 Å². The number of hydrogen-bond donors (Lipinski definition) is 1. The smallest absolute Gasteiger partial charge is 0.0768 e. The second-order valence-electron chi connectivity index (χ2n) is 4.07. The molecule has 0 atom stereocenters. The Morgan fingerprint density at radius 3 is 2.23 bits per heavy atom. The lowest BCUT2D eigenvalue weighted by Gasteiger charge is -2.34. The van der Waals surface area contributed by atoms with Gasteiger partial charge in [-0.2, -0.15) is 0 Å². The highest BCUT2D eigenvalue weighted by molar-refractivity contribution is 4.84. The zero-order chi connectivity index (χ0) is 9.73. The van der Waals surface area contributed by atoms with E-state index in [2.05, 4.69) is 25.2 Å². The molecule has 0 unspecified atom stereocenters. The molecule has 77 valence electrons. The molecule has 0 aromatic rings. The summed E-state index contributed by atoms with van der Waals surface area (Å²) in [4.78, 5) is 2.38. The number of hydrogen-bond acceptors (Lipinski definition) is 2. The van der Waals surface area contributed by atoms with Crippen molar-refractivity contribution in [1.29, 1.82) is 0 Å². The third-order valence-corrected chi connectivity index (χ3v) is 3.13. The zero-order valence-corrected chi connectivity index (χ0v) is 8.92. The molecule has 1 rings (SSSR count). The lowest BCUT2D eigenvalue weighted by Crippen LogP contribution is -2.44. The van der Waals surface area contributed by atoms with E-state index in [0.717, 1.165) is 32.5 Å². The topological polar surface area (TPSA) is 23.5 Å². The molecule has 0 aromatic carbocycles. The summed E-state index contributed by atoms with van der Waals surface area (Å²) in [6, 6.07) is 0. The summed E-state index contributed by atoms with van der Waals surface area (Å²) in [5.74, 6) is 0. The first kappa shape index (κ1) is 11.0. The van der Waals surface area contributed by atoms with Gasteiger partial charge in [0.05, 0.1) is 5.60 Å². The minimum atomic E-state index is -0.447. The zero-order valence-electron chi connectivity index (χ0n) is 8.92. The fourth-order valence-electron chi connectivity index (χ4n) is 1.85. The Labute approximate surface area is 81.9 Å². The van der Waals surface area contributed by atoms with Crippen LogP contribution in [0.3, 0.4) is 0 Å². The molecule has 1 heterocycles. The monoisotopic (exact) mass is 184 g/mol. The molecule has 13 heavy (non-hydrogen) atoms. The molecule has 0 bridgehead atoms. The van der Waals surface area contributed by atoms with Crippen LogP contribution in [0, 0.1) is 6.42 Å². The van der Waals surface area contributed by atoms with Crippen LogP contribution in [0.2, 0.25) is 0 Å².